The van der Waals surface area contributed by atoms with Crippen molar-refractivity contribution in [2.45, 2.75) is 32.7 Å². The summed E-state index contributed by atoms with van der Waals surface area (Å²) in [5.41, 5.74) is 2.28. The molecule has 2 aromatic rings. The number of nitrogens with zero attached hydrogens (tertiary/aromatic N) is 2. The summed E-state index contributed by atoms with van der Waals surface area (Å²) < 4.78 is 0. The maximum atomic E-state index is 4.60. The van der Waals surface area contributed by atoms with Crippen LogP contribution in [0.3, 0.4) is 0 Å². The van der Waals surface area contributed by atoms with Gasteiger partial charge in [0.15, 0.2) is 0 Å². The number of aryl methyl sites for hydroxylation is 2. The molecular weight excluding hydrogens is 242 g/mol. The fourth-order valence-electron chi connectivity index (χ4n) is 1.88. The second kappa shape index (κ2) is 6.07. The predicted octanol–water partition coefficient (Wildman–Crippen LogP) is 2.53. The lowest BCUT2D eigenvalue weighted by Crippen LogP contribution is -2.30. The van der Waals surface area contributed by atoms with Gasteiger partial charge in [-0.25, -0.2) is 4.98 Å². The minimum absolute atomic E-state index is 0.393. The second-order valence-electron chi connectivity index (χ2n) is 4.46. The topological polar surface area (TPSA) is 37.8 Å². The van der Waals surface area contributed by atoms with E-state index < -0.39 is 0 Å². The van der Waals surface area contributed by atoms with E-state index in [9.17, 15) is 0 Å². The number of hydrogen-bond acceptors (Lipinski definition) is 4. The molecule has 96 valence electrons. The Hall–Kier alpha value is -1.26. The van der Waals surface area contributed by atoms with E-state index in [1.807, 2.05) is 25.4 Å². The first-order valence-corrected chi connectivity index (χ1v) is 7.00. The quantitative estimate of drug-likeness (QED) is 0.898. The molecule has 18 heavy (non-hydrogen) atoms. The fourth-order valence-corrected chi connectivity index (χ4v) is 2.90. The van der Waals surface area contributed by atoms with Crippen molar-refractivity contribution in [2.75, 3.05) is 7.05 Å². The van der Waals surface area contributed by atoms with E-state index in [-0.39, 0.29) is 0 Å². The van der Waals surface area contributed by atoms with Gasteiger partial charge in [-0.3, -0.25) is 4.98 Å². The van der Waals surface area contributed by atoms with Crippen LogP contribution in [0.1, 0.15) is 21.3 Å². The number of hydrogen-bond donors (Lipinski definition) is 1. The maximum Gasteiger partial charge on any atom is 0.0946 e. The smallest absolute Gasteiger partial charge is 0.0946 e. The Labute approximate surface area is 112 Å². The highest BCUT2D eigenvalue weighted by Crippen LogP contribution is 2.18. The molecule has 0 saturated heterocycles. The Balaban J connectivity index is 2.01. The molecule has 4 heteroatoms. The first kappa shape index (κ1) is 13.2. The van der Waals surface area contributed by atoms with Crippen molar-refractivity contribution < 1.29 is 0 Å². The number of likely N-dealkylation sites (N-methyl/N-ethyl adjacent to an activating group) is 1. The highest BCUT2D eigenvalue weighted by Gasteiger charge is 2.12. The van der Waals surface area contributed by atoms with Gasteiger partial charge in [-0.05, 0) is 33.0 Å². The maximum absolute atomic E-state index is 4.60. The van der Waals surface area contributed by atoms with Gasteiger partial charge in [0.1, 0.15) is 0 Å². The third-order valence-electron chi connectivity index (χ3n) is 3.08. The van der Waals surface area contributed by atoms with E-state index in [0.29, 0.717) is 6.04 Å². The Kier molecular flexibility index (Phi) is 4.44. The van der Waals surface area contributed by atoms with Crippen LogP contribution < -0.4 is 5.32 Å². The van der Waals surface area contributed by atoms with Crippen molar-refractivity contribution in [3.63, 3.8) is 0 Å². The first-order chi connectivity index (χ1) is 8.69. The molecule has 1 unspecified atom stereocenters. The number of rotatable bonds is 5. The number of aromatic nitrogens is 2. The van der Waals surface area contributed by atoms with Gasteiger partial charge in [-0.15, -0.1) is 11.3 Å². The van der Waals surface area contributed by atoms with E-state index in [2.05, 4.69) is 35.2 Å². The van der Waals surface area contributed by atoms with Crippen LogP contribution in [0.25, 0.3) is 0 Å². The van der Waals surface area contributed by atoms with Gasteiger partial charge in [-0.2, -0.15) is 0 Å². The SMILES string of the molecule is CNC(Cc1ccccn1)Cc1nc(C)c(C)s1. The molecule has 2 aromatic heterocycles. The molecule has 0 aromatic carbocycles. The van der Waals surface area contributed by atoms with Gasteiger partial charge < -0.3 is 5.32 Å². The van der Waals surface area contributed by atoms with Gasteiger partial charge in [0.25, 0.3) is 0 Å². The van der Waals surface area contributed by atoms with E-state index in [0.717, 1.165) is 24.2 Å². The van der Waals surface area contributed by atoms with E-state index in [1.165, 1.54) is 9.88 Å². The predicted molar refractivity (Wildman–Crippen MR) is 76.1 cm³/mol. The zero-order chi connectivity index (χ0) is 13.0. The molecule has 0 aliphatic heterocycles. The lowest BCUT2D eigenvalue weighted by Gasteiger charge is -2.14. The lowest BCUT2D eigenvalue weighted by atomic mass is 10.1. The van der Waals surface area contributed by atoms with E-state index in [1.54, 1.807) is 11.3 Å². The van der Waals surface area contributed by atoms with E-state index in [4.69, 9.17) is 0 Å². The molecule has 1 atom stereocenters. The minimum atomic E-state index is 0.393. The molecule has 2 heterocycles. The van der Waals surface area contributed by atoms with Crippen molar-refractivity contribution in [1.29, 1.82) is 0 Å². The average Bonchev–Trinajstić information content (AvgIpc) is 2.69. The summed E-state index contributed by atoms with van der Waals surface area (Å²) in [4.78, 5) is 10.3. The van der Waals surface area contributed by atoms with Crippen molar-refractivity contribution in [3.8, 4) is 0 Å². The van der Waals surface area contributed by atoms with Crippen LogP contribution in [0.2, 0.25) is 0 Å². The molecule has 0 spiro atoms. The fraction of sp³-hybridized carbons (Fsp3) is 0.429. The third kappa shape index (κ3) is 3.37. The zero-order valence-corrected chi connectivity index (χ0v) is 11.9. The molecule has 0 aliphatic rings. The summed E-state index contributed by atoms with van der Waals surface area (Å²) in [6, 6.07) is 6.45. The van der Waals surface area contributed by atoms with Crippen LogP contribution in [0, 0.1) is 13.8 Å². The van der Waals surface area contributed by atoms with Crippen molar-refractivity contribution >= 4 is 11.3 Å². The molecular formula is C14H19N3S. The van der Waals surface area contributed by atoms with Crippen LogP contribution in [-0.4, -0.2) is 23.1 Å². The standard InChI is InChI=1S/C14H19N3S/c1-10-11(2)18-14(17-10)9-13(15-3)8-12-6-4-5-7-16-12/h4-7,13,15H,8-9H2,1-3H3. The normalized spacial score (nSPS) is 12.6. The van der Waals surface area contributed by atoms with Crippen molar-refractivity contribution in [2.24, 2.45) is 0 Å². The number of nitrogens with one attached hydrogen (secondary N) is 1. The molecule has 3 nitrogen and oxygen atoms in total. The lowest BCUT2D eigenvalue weighted by molar-refractivity contribution is 0.549. The Morgan fingerprint density at radius 1 is 1.28 bits per heavy atom. The van der Waals surface area contributed by atoms with Gasteiger partial charge in [-0.1, -0.05) is 6.07 Å². The summed E-state index contributed by atoms with van der Waals surface area (Å²) in [6.07, 6.45) is 3.75. The summed E-state index contributed by atoms with van der Waals surface area (Å²) in [5, 5.41) is 4.56. The van der Waals surface area contributed by atoms with Gasteiger partial charge in [0.05, 0.1) is 10.7 Å². The molecule has 0 saturated carbocycles. The molecule has 1 N–H and O–H groups in total. The van der Waals surface area contributed by atoms with Crippen LogP contribution in [0.5, 0.6) is 0 Å². The molecule has 0 fully saturated rings. The van der Waals surface area contributed by atoms with E-state index >= 15 is 0 Å². The summed E-state index contributed by atoms with van der Waals surface area (Å²) >= 11 is 1.80. The highest BCUT2D eigenvalue weighted by molar-refractivity contribution is 7.11. The Bertz CT molecular complexity index is 473. The molecule has 0 radical (unpaired) electrons. The average molecular weight is 261 g/mol. The van der Waals surface area contributed by atoms with Gasteiger partial charge >= 0.3 is 0 Å². The Morgan fingerprint density at radius 3 is 2.67 bits per heavy atom. The third-order valence-corrected chi connectivity index (χ3v) is 4.18. The summed E-state index contributed by atoms with van der Waals surface area (Å²) in [7, 11) is 2.00. The molecule has 0 amide bonds. The van der Waals surface area contributed by atoms with Crippen LogP contribution in [0.4, 0.5) is 0 Å². The minimum Gasteiger partial charge on any atom is -0.316 e. The van der Waals surface area contributed by atoms with Crippen LogP contribution >= 0.6 is 11.3 Å². The summed E-state index contributed by atoms with van der Waals surface area (Å²) in [5.74, 6) is 0. The van der Waals surface area contributed by atoms with Gasteiger partial charge in [0, 0.05) is 35.7 Å². The monoisotopic (exact) mass is 261 g/mol. The first-order valence-electron chi connectivity index (χ1n) is 6.19. The zero-order valence-electron chi connectivity index (χ0n) is 11.1. The van der Waals surface area contributed by atoms with Gasteiger partial charge in [0.2, 0.25) is 0 Å². The van der Waals surface area contributed by atoms with Crippen molar-refractivity contribution in [3.05, 3.63) is 45.7 Å². The van der Waals surface area contributed by atoms with Crippen LogP contribution in [0.15, 0.2) is 24.4 Å². The molecule has 2 rings (SSSR count). The number of thiazole rings is 1. The molecule has 0 bridgehead atoms. The second-order valence-corrected chi connectivity index (χ2v) is 5.75. The summed E-state index contributed by atoms with van der Waals surface area (Å²) in [6.45, 7) is 4.20. The highest BCUT2D eigenvalue weighted by atomic mass is 32.1. The largest absolute Gasteiger partial charge is 0.316 e. The Morgan fingerprint density at radius 2 is 2.11 bits per heavy atom. The number of pyridine rings is 1. The van der Waals surface area contributed by atoms with Crippen molar-refractivity contribution in [1.82, 2.24) is 15.3 Å². The molecule has 0 aliphatic carbocycles. The van der Waals surface area contributed by atoms with Crippen LogP contribution in [-0.2, 0) is 12.8 Å².